The van der Waals surface area contributed by atoms with Gasteiger partial charge in [-0.3, -0.25) is 9.59 Å². The molecular formula is C19H18N4O2. The van der Waals surface area contributed by atoms with Gasteiger partial charge in [0.05, 0.1) is 23.1 Å². The molecule has 2 aromatic carbocycles. The maximum atomic E-state index is 12.4. The van der Waals surface area contributed by atoms with Crippen LogP contribution in [0.3, 0.4) is 0 Å². The van der Waals surface area contributed by atoms with Crippen LogP contribution in [-0.2, 0) is 6.54 Å². The third-order valence-electron chi connectivity index (χ3n) is 3.95. The summed E-state index contributed by atoms with van der Waals surface area (Å²) in [5.74, 6) is -0.668. The fourth-order valence-electron chi connectivity index (χ4n) is 2.53. The van der Waals surface area contributed by atoms with E-state index in [1.165, 1.54) is 0 Å². The Morgan fingerprint density at radius 3 is 2.40 bits per heavy atom. The number of benzene rings is 2. The van der Waals surface area contributed by atoms with E-state index < -0.39 is 5.91 Å². The molecule has 2 amide bonds. The van der Waals surface area contributed by atoms with Gasteiger partial charge in [0.15, 0.2) is 0 Å². The molecule has 6 heteroatoms. The number of nitrogens with one attached hydrogen (secondary N) is 1. The molecular weight excluding hydrogens is 316 g/mol. The number of carbonyl (C=O) groups excluding carboxylic acids is 2. The molecule has 0 saturated heterocycles. The summed E-state index contributed by atoms with van der Waals surface area (Å²) in [5.41, 5.74) is 8.73. The third-order valence-corrected chi connectivity index (χ3v) is 3.95. The number of nitrogens with zero attached hydrogens (tertiary/aromatic N) is 2. The van der Waals surface area contributed by atoms with Crippen LogP contribution in [0.1, 0.15) is 32.0 Å². The van der Waals surface area contributed by atoms with Crippen LogP contribution >= 0.6 is 0 Å². The summed E-state index contributed by atoms with van der Waals surface area (Å²) < 4.78 is 1.73. The summed E-state index contributed by atoms with van der Waals surface area (Å²) in [6.07, 6.45) is 1.56. The van der Waals surface area contributed by atoms with E-state index >= 15 is 0 Å². The molecule has 1 aromatic heterocycles. The SMILES string of the molecule is Cc1c(C(=O)NCc2ccc(C(N)=O)cc2)cnn1-c1ccccc1. The number of aromatic nitrogens is 2. The van der Waals surface area contributed by atoms with Crippen molar-refractivity contribution in [3.05, 3.63) is 83.2 Å². The van der Waals surface area contributed by atoms with Crippen LogP contribution in [0.15, 0.2) is 60.8 Å². The van der Waals surface area contributed by atoms with Crippen LogP contribution in [0.25, 0.3) is 5.69 Å². The van der Waals surface area contributed by atoms with Crippen molar-refractivity contribution < 1.29 is 9.59 Å². The van der Waals surface area contributed by atoms with Gasteiger partial charge in [-0.2, -0.15) is 5.10 Å². The Labute approximate surface area is 145 Å². The monoisotopic (exact) mass is 334 g/mol. The van der Waals surface area contributed by atoms with E-state index in [-0.39, 0.29) is 5.91 Å². The Hall–Kier alpha value is -3.41. The van der Waals surface area contributed by atoms with Gasteiger partial charge in [-0.15, -0.1) is 0 Å². The Bertz CT molecular complexity index is 899. The van der Waals surface area contributed by atoms with E-state index in [9.17, 15) is 9.59 Å². The highest BCUT2D eigenvalue weighted by molar-refractivity contribution is 5.95. The molecule has 126 valence electrons. The molecule has 25 heavy (non-hydrogen) atoms. The van der Waals surface area contributed by atoms with Gasteiger partial charge >= 0.3 is 0 Å². The average molecular weight is 334 g/mol. The van der Waals surface area contributed by atoms with Crippen molar-refractivity contribution in [1.82, 2.24) is 15.1 Å². The predicted molar refractivity (Wildman–Crippen MR) is 94.4 cm³/mol. The summed E-state index contributed by atoms with van der Waals surface area (Å²) in [4.78, 5) is 23.5. The number of nitrogens with two attached hydrogens (primary N) is 1. The van der Waals surface area contributed by atoms with Crippen LogP contribution in [0.5, 0.6) is 0 Å². The number of para-hydroxylation sites is 1. The number of carbonyl (C=O) groups is 2. The smallest absolute Gasteiger partial charge is 0.255 e. The Balaban J connectivity index is 1.70. The second-order valence-electron chi connectivity index (χ2n) is 5.63. The van der Waals surface area contributed by atoms with Gasteiger partial charge in [0.25, 0.3) is 5.91 Å². The first-order valence-electron chi connectivity index (χ1n) is 7.83. The van der Waals surface area contributed by atoms with Gasteiger partial charge in [0, 0.05) is 12.1 Å². The summed E-state index contributed by atoms with van der Waals surface area (Å²) in [5, 5.41) is 7.16. The third kappa shape index (κ3) is 3.58. The maximum absolute atomic E-state index is 12.4. The minimum Gasteiger partial charge on any atom is -0.366 e. The van der Waals surface area contributed by atoms with E-state index in [1.54, 1.807) is 35.1 Å². The molecule has 0 fully saturated rings. The lowest BCUT2D eigenvalue weighted by Crippen LogP contribution is -2.23. The van der Waals surface area contributed by atoms with Crippen LogP contribution in [0, 0.1) is 6.92 Å². The summed E-state index contributed by atoms with van der Waals surface area (Å²) in [6.45, 7) is 2.21. The first-order valence-corrected chi connectivity index (χ1v) is 7.83. The first kappa shape index (κ1) is 16.4. The van der Waals surface area contributed by atoms with E-state index in [0.717, 1.165) is 16.9 Å². The molecule has 0 aliphatic carbocycles. The summed E-state index contributed by atoms with van der Waals surface area (Å²) in [7, 11) is 0. The van der Waals surface area contributed by atoms with Gasteiger partial charge in [-0.25, -0.2) is 4.68 Å². The van der Waals surface area contributed by atoms with E-state index in [0.29, 0.717) is 17.7 Å². The molecule has 0 aliphatic heterocycles. The molecule has 0 unspecified atom stereocenters. The molecule has 3 aromatic rings. The fraction of sp³-hybridized carbons (Fsp3) is 0.105. The standard InChI is InChI=1S/C19H18N4O2/c1-13-17(12-22-23(13)16-5-3-2-4-6-16)19(25)21-11-14-7-9-15(10-8-14)18(20)24/h2-10,12H,11H2,1H3,(H2,20,24)(H,21,25). The minimum absolute atomic E-state index is 0.196. The van der Waals surface area contributed by atoms with Crippen molar-refractivity contribution in [2.24, 2.45) is 5.73 Å². The van der Waals surface area contributed by atoms with Crippen LogP contribution in [0.4, 0.5) is 0 Å². The van der Waals surface area contributed by atoms with Crippen LogP contribution in [0.2, 0.25) is 0 Å². The number of rotatable bonds is 5. The quantitative estimate of drug-likeness (QED) is 0.749. The van der Waals surface area contributed by atoms with Gasteiger partial charge in [0.2, 0.25) is 5.91 Å². The molecule has 0 bridgehead atoms. The highest BCUT2D eigenvalue weighted by Crippen LogP contribution is 2.14. The van der Waals surface area contributed by atoms with Gasteiger partial charge in [-0.05, 0) is 36.8 Å². The zero-order valence-electron chi connectivity index (χ0n) is 13.8. The lowest BCUT2D eigenvalue weighted by molar-refractivity contribution is 0.0948. The van der Waals surface area contributed by atoms with Crippen molar-refractivity contribution in [2.45, 2.75) is 13.5 Å². The number of primary amides is 1. The molecule has 3 N–H and O–H groups in total. The first-order chi connectivity index (χ1) is 12.1. The lowest BCUT2D eigenvalue weighted by Gasteiger charge is -2.07. The Morgan fingerprint density at radius 2 is 1.76 bits per heavy atom. The van der Waals surface area contributed by atoms with Gasteiger partial charge in [-0.1, -0.05) is 30.3 Å². The fourth-order valence-corrected chi connectivity index (χ4v) is 2.53. The topological polar surface area (TPSA) is 90.0 Å². The van der Waals surface area contributed by atoms with Crippen molar-refractivity contribution in [2.75, 3.05) is 0 Å². The Kier molecular flexibility index (Phi) is 4.61. The molecule has 6 nitrogen and oxygen atoms in total. The number of hydrogen-bond donors (Lipinski definition) is 2. The predicted octanol–water partition coefficient (Wildman–Crippen LogP) is 2.21. The highest BCUT2D eigenvalue weighted by Gasteiger charge is 2.14. The molecule has 0 atom stereocenters. The van der Waals surface area contributed by atoms with E-state index in [2.05, 4.69) is 10.4 Å². The molecule has 1 heterocycles. The summed E-state index contributed by atoms with van der Waals surface area (Å²) >= 11 is 0. The molecule has 0 saturated carbocycles. The summed E-state index contributed by atoms with van der Waals surface area (Å²) in [6, 6.07) is 16.5. The second-order valence-corrected chi connectivity index (χ2v) is 5.63. The Morgan fingerprint density at radius 1 is 1.08 bits per heavy atom. The maximum Gasteiger partial charge on any atom is 0.255 e. The molecule has 0 aliphatic rings. The van der Waals surface area contributed by atoms with Crippen molar-refractivity contribution in [1.29, 1.82) is 0 Å². The van der Waals surface area contributed by atoms with Crippen LogP contribution < -0.4 is 11.1 Å². The average Bonchev–Trinajstić information content (AvgIpc) is 3.02. The highest BCUT2D eigenvalue weighted by atomic mass is 16.2. The zero-order chi connectivity index (χ0) is 17.8. The number of hydrogen-bond acceptors (Lipinski definition) is 3. The molecule has 3 rings (SSSR count). The van der Waals surface area contributed by atoms with E-state index in [1.807, 2.05) is 37.3 Å². The second kappa shape index (κ2) is 7.00. The largest absolute Gasteiger partial charge is 0.366 e. The normalized spacial score (nSPS) is 10.4. The van der Waals surface area contributed by atoms with Gasteiger partial charge in [0.1, 0.15) is 0 Å². The lowest BCUT2D eigenvalue weighted by atomic mass is 10.1. The van der Waals surface area contributed by atoms with Crippen molar-refractivity contribution in [3.8, 4) is 5.69 Å². The minimum atomic E-state index is -0.473. The van der Waals surface area contributed by atoms with Crippen molar-refractivity contribution >= 4 is 11.8 Å². The van der Waals surface area contributed by atoms with Crippen LogP contribution in [-0.4, -0.2) is 21.6 Å². The van der Waals surface area contributed by atoms with E-state index in [4.69, 9.17) is 5.73 Å². The zero-order valence-corrected chi connectivity index (χ0v) is 13.8. The van der Waals surface area contributed by atoms with Crippen molar-refractivity contribution in [3.63, 3.8) is 0 Å². The molecule has 0 radical (unpaired) electrons. The number of amides is 2. The molecule has 0 spiro atoms. The van der Waals surface area contributed by atoms with Gasteiger partial charge < -0.3 is 11.1 Å².